The minimum absolute atomic E-state index is 0.192. The molecular weight excluding hydrogens is 340 g/mol. The molecule has 0 spiro atoms. The molecule has 0 bridgehead atoms. The number of rotatable bonds is 14. The summed E-state index contributed by atoms with van der Waals surface area (Å²) in [5.74, 6) is -0.409. The number of hydrogen-bond donors (Lipinski definition) is 2. The van der Waals surface area contributed by atoms with Gasteiger partial charge in [0.15, 0.2) is 0 Å². The minimum atomic E-state index is -0.993. The molecule has 2 N–H and O–H groups in total. The number of carboxylic acid groups (broad SMARTS) is 1. The summed E-state index contributed by atoms with van der Waals surface area (Å²) in [5.41, 5.74) is 0.767. The van der Waals surface area contributed by atoms with Gasteiger partial charge in [0.2, 0.25) is 0 Å². The molecule has 0 saturated carbocycles. The monoisotopic (exact) mass is 370 g/mol. The van der Waals surface area contributed by atoms with Crippen molar-refractivity contribution in [3.05, 3.63) is 72.9 Å². The van der Waals surface area contributed by atoms with E-state index in [2.05, 4.69) is 6.58 Å². The first kappa shape index (κ1) is 22.5. The smallest absolute Gasteiger partial charge is 0.336 e. The number of carbonyl (C=O) groups is 1. The van der Waals surface area contributed by atoms with E-state index in [1.54, 1.807) is 48.6 Å². The molecule has 0 aliphatic rings. The van der Waals surface area contributed by atoms with Crippen LogP contribution in [0.15, 0.2) is 67.3 Å². The highest BCUT2D eigenvalue weighted by molar-refractivity contribution is 6.16. The molecule has 1 aromatic rings. The summed E-state index contributed by atoms with van der Waals surface area (Å²) in [7, 11) is 0. The maximum atomic E-state index is 11.7. The average Bonchev–Trinajstić information content (AvgIpc) is 2.67. The molecule has 0 amide bonds. The molecule has 4 heteroatoms. The van der Waals surface area contributed by atoms with Gasteiger partial charge in [-0.1, -0.05) is 80.8 Å². The third kappa shape index (κ3) is 9.61. The van der Waals surface area contributed by atoms with Crippen molar-refractivity contribution in [1.82, 2.24) is 0 Å². The van der Waals surface area contributed by atoms with E-state index in [4.69, 9.17) is 9.84 Å². The van der Waals surface area contributed by atoms with E-state index in [0.29, 0.717) is 17.9 Å². The quantitative estimate of drug-likeness (QED) is 0.269. The maximum absolute atomic E-state index is 11.7. The fourth-order valence-electron chi connectivity index (χ4n) is 2.55. The number of aliphatic hydroxyl groups excluding tert-OH is 1. The van der Waals surface area contributed by atoms with Gasteiger partial charge in [0.25, 0.3) is 0 Å². The SMILES string of the molecule is C=CC=CC=CC=C(C(=O)O)c1ccccc1OCCCCCCCCO. The van der Waals surface area contributed by atoms with Crippen LogP contribution in [0.3, 0.4) is 0 Å². The third-order valence-corrected chi connectivity index (χ3v) is 3.95. The van der Waals surface area contributed by atoms with E-state index in [1.165, 1.54) is 0 Å². The number of unbranched alkanes of at least 4 members (excludes halogenated alkanes) is 5. The zero-order chi connectivity index (χ0) is 19.7. The Labute approximate surface area is 162 Å². The summed E-state index contributed by atoms with van der Waals surface area (Å²) < 4.78 is 5.85. The van der Waals surface area contributed by atoms with Crippen molar-refractivity contribution < 1.29 is 19.7 Å². The highest BCUT2D eigenvalue weighted by Gasteiger charge is 2.14. The van der Waals surface area contributed by atoms with E-state index < -0.39 is 5.97 Å². The molecule has 146 valence electrons. The first-order valence-corrected chi connectivity index (χ1v) is 9.43. The first-order chi connectivity index (χ1) is 13.2. The second kappa shape index (κ2) is 14.6. The van der Waals surface area contributed by atoms with Crippen LogP contribution in [0.4, 0.5) is 0 Å². The van der Waals surface area contributed by atoms with Crippen molar-refractivity contribution in [2.45, 2.75) is 38.5 Å². The number of hydrogen-bond acceptors (Lipinski definition) is 3. The normalized spacial score (nSPS) is 12.0. The molecular formula is C23H30O4. The molecule has 0 heterocycles. The van der Waals surface area contributed by atoms with Gasteiger partial charge in [-0.05, 0) is 25.0 Å². The molecule has 0 aliphatic carbocycles. The van der Waals surface area contributed by atoms with Crippen LogP contribution in [-0.2, 0) is 4.79 Å². The number of allylic oxidation sites excluding steroid dienone is 6. The predicted molar refractivity (Wildman–Crippen MR) is 111 cm³/mol. The van der Waals surface area contributed by atoms with Crippen molar-refractivity contribution in [1.29, 1.82) is 0 Å². The zero-order valence-electron chi connectivity index (χ0n) is 15.8. The summed E-state index contributed by atoms with van der Waals surface area (Å²) in [4.78, 5) is 11.7. The zero-order valence-corrected chi connectivity index (χ0v) is 15.8. The highest BCUT2D eigenvalue weighted by Crippen LogP contribution is 2.26. The van der Waals surface area contributed by atoms with Crippen LogP contribution in [0.2, 0.25) is 0 Å². The molecule has 4 nitrogen and oxygen atoms in total. The van der Waals surface area contributed by atoms with Crippen molar-refractivity contribution in [2.24, 2.45) is 0 Å². The van der Waals surface area contributed by atoms with Crippen molar-refractivity contribution in [3.8, 4) is 5.75 Å². The lowest BCUT2D eigenvalue weighted by molar-refractivity contribution is -0.130. The topological polar surface area (TPSA) is 66.8 Å². The molecule has 0 unspecified atom stereocenters. The van der Waals surface area contributed by atoms with Crippen LogP contribution < -0.4 is 4.74 Å². The van der Waals surface area contributed by atoms with Gasteiger partial charge in [-0.15, -0.1) is 0 Å². The fourth-order valence-corrected chi connectivity index (χ4v) is 2.55. The predicted octanol–water partition coefficient (Wildman–Crippen LogP) is 5.16. The molecule has 0 radical (unpaired) electrons. The highest BCUT2D eigenvalue weighted by atomic mass is 16.5. The summed E-state index contributed by atoms with van der Waals surface area (Å²) in [6, 6.07) is 7.21. The van der Waals surface area contributed by atoms with Crippen LogP contribution in [-0.4, -0.2) is 29.4 Å². The minimum Gasteiger partial charge on any atom is -0.493 e. The number of aliphatic carboxylic acids is 1. The van der Waals surface area contributed by atoms with Gasteiger partial charge in [0.05, 0.1) is 12.2 Å². The van der Waals surface area contributed by atoms with Crippen LogP contribution >= 0.6 is 0 Å². The first-order valence-electron chi connectivity index (χ1n) is 9.43. The van der Waals surface area contributed by atoms with Crippen LogP contribution in [0.1, 0.15) is 44.1 Å². The Morgan fingerprint density at radius 3 is 2.33 bits per heavy atom. The largest absolute Gasteiger partial charge is 0.493 e. The second-order valence-electron chi connectivity index (χ2n) is 6.08. The van der Waals surface area contributed by atoms with Gasteiger partial charge < -0.3 is 14.9 Å². The fraction of sp³-hybridized carbons (Fsp3) is 0.348. The molecule has 0 atom stereocenters. The van der Waals surface area contributed by atoms with E-state index >= 15 is 0 Å². The van der Waals surface area contributed by atoms with Crippen LogP contribution in [0.5, 0.6) is 5.75 Å². The number of ether oxygens (including phenoxy) is 1. The van der Waals surface area contributed by atoms with Gasteiger partial charge in [-0.2, -0.15) is 0 Å². The second-order valence-corrected chi connectivity index (χ2v) is 6.08. The molecule has 0 fully saturated rings. The molecule has 1 rings (SSSR count). The Hall–Kier alpha value is -2.59. The van der Waals surface area contributed by atoms with Crippen LogP contribution in [0.25, 0.3) is 5.57 Å². The maximum Gasteiger partial charge on any atom is 0.336 e. The molecule has 1 aromatic carbocycles. The molecule has 0 aliphatic heterocycles. The Bertz CT molecular complexity index is 656. The van der Waals surface area contributed by atoms with E-state index in [9.17, 15) is 9.90 Å². The van der Waals surface area contributed by atoms with Gasteiger partial charge in [-0.3, -0.25) is 0 Å². The number of para-hydroxylation sites is 1. The number of benzene rings is 1. The van der Waals surface area contributed by atoms with Gasteiger partial charge >= 0.3 is 5.97 Å². The Morgan fingerprint density at radius 1 is 0.963 bits per heavy atom. The summed E-state index contributed by atoms with van der Waals surface area (Å²) >= 11 is 0. The number of aliphatic hydroxyl groups is 1. The van der Waals surface area contributed by atoms with E-state index in [-0.39, 0.29) is 12.2 Å². The lowest BCUT2D eigenvalue weighted by Crippen LogP contribution is -2.04. The third-order valence-electron chi connectivity index (χ3n) is 3.95. The number of carboxylic acids is 1. The molecule has 27 heavy (non-hydrogen) atoms. The van der Waals surface area contributed by atoms with Crippen molar-refractivity contribution in [2.75, 3.05) is 13.2 Å². The molecule has 0 aromatic heterocycles. The lowest BCUT2D eigenvalue weighted by Gasteiger charge is -2.12. The van der Waals surface area contributed by atoms with Gasteiger partial charge in [0, 0.05) is 12.2 Å². The van der Waals surface area contributed by atoms with E-state index in [1.807, 2.05) is 12.1 Å². The summed E-state index contributed by atoms with van der Waals surface area (Å²) in [5, 5.41) is 18.3. The summed E-state index contributed by atoms with van der Waals surface area (Å²) in [6.45, 7) is 4.40. The Balaban J connectivity index is 2.66. The van der Waals surface area contributed by atoms with Crippen LogP contribution in [0, 0.1) is 0 Å². The lowest BCUT2D eigenvalue weighted by atomic mass is 10.0. The standard InChI is InChI=1S/C23H30O4/c1-2-3-4-7-10-16-21(23(25)26)20-15-11-12-17-22(20)27-19-14-9-6-5-8-13-18-24/h2-4,7,10-12,15-17,24H,1,5-6,8-9,13-14,18-19H2,(H,25,26). The molecule has 0 saturated heterocycles. The summed E-state index contributed by atoms with van der Waals surface area (Å²) in [6.07, 6.45) is 16.4. The van der Waals surface area contributed by atoms with Crippen molar-refractivity contribution >= 4 is 11.5 Å². The Kier molecular flexibility index (Phi) is 12.1. The van der Waals surface area contributed by atoms with E-state index in [0.717, 1.165) is 38.5 Å². The van der Waals surface area contributed by atoms with Crippen molar-refractivity contribution in [3.63, 3.8) is 0 Å². The van der Waals surface area contributed by atoms with Gasteiger partial charge in [-0.25, -0.2) is 4.79 Å². The van der Waals surface area contributed by atoms with Gasteiger partial charge in [0.1, 0.15) is 5.75 Å². The Morgan fingerprint density at radius 2 is 1.63 bits per heavy atom. The average molecular weight is 370 g/mol.